The molecule has 2 aromatic rings. The van der Waals surface area contributed by atoms with Crippen LogP contribution in [0, 0.1) is 55.4 Å². The summed E-state index contributed by atoms with van der Waals surface area (Å²) < 4.78 is 8.74. The molecule has 0 amide bonds. The molecule has 0 bridgehead atoms. The highest BCUT2D eigenvalue weighted by atomic mass is 16.5. The number of nitrogens with zero attached hydrogens (tertiary/aromatic N) is 1. The van der Waals surface area contributed by atoms with Gasteiger partial charge < -0.3 is 4.74 Å². The van der Waals surface area contributed by atoms with Crippen molar-refractivity contribution in [3.8, 4) is 5.75 Å². The molecule has 0 aliphatic carbocycles. The zero-order chi connectivity index (χ0) is 18.2. The number of benzene rings is 2. The van der Waals surface area contributed by atoms with E-state index in [1.165, 1.54) is 67.0 Å². The molecule has 2 heteroatoms. The zero-order valence-corrected chi connectivity index (χ0v) is 16.8. The topological polar surface area (TPSA) is 12.2 Å². The molecule has 0 N–H and O–H groups in total. The number of ether oxygens (including phenoxy) is 1. The Morgan fingerprint density at radius 3 is 1.88 bits per heavy atom. The van der Waals surface area contributed by atoms with Crippen LogP contribution in [0.15, 0.2) is 0 Å². The molecule has 2 heterocycles. The Labute approximate surface area is 151 Å². The molecule has 0 saturated heterocycles. The van der Waals surface area contributed by atoms with Crippen LogP contribution in [-0.4, -0.2) is 17.0 Å². The van der Waals surface area contributed by atoms with Gasteiger partial charge in [0.25, 0.3) is 6.73 Å². The van der Waals surface area contributed by atoms with Crippen LogP contribution < -0.4 is 4.74 Å². The van der Waals surface area contributed by atoms with E-state index in [1.54, 1.807) is 0 Å². The third kappa shape index (κ3) is 1.94. The van der Waals surface area contributed by atoms with Crippen LogP contribution in [0.5, 0.6) is 5.75 Å². The minimum absolute atomic E-state index is 0.626. The number of rotatable bonds is 0. The van der Waals surface area contributed by atoms with Crippen molar-refractivity contribution < 1.29 is 9.31 Å². The predicted octanol–water partition coefficient (Wildman–Crippen LogP) is 5.19. The van der Waals surface area contributed by atoms with E-state index in [9.17, 15) is 0 Å². The highest BCUT2D eigenvalue weighted by molar-refractivity contribution is 6.06. The lowest BCUT2D eigenvalue weighted by atomic mass is 9.88. The lowest BCUT2D eigenvalue weighted by molar-refractivity contribution is -0.478. The maximum atomic E-state index is 6.31. The van der Waals surface area contributed by atoms with Crippen molar-refractivity contribution in [2.24, 2.45) is 0 Å². The van der Waals surface area contributed by atoms with Crippen LogP contribution >= 0.6 is 0 Å². The smallest absolute Gasteiger partial charge is 0.292 e. The van der Waals surface area contributed by atoms with Crippen LogP contribution in [0.2, 0.25) is 0 Å². The Kier molecular flexibility index (Phi) is 3.41. The first kappa shape index (κ1) is 16.4. The van der Waals surface area contributed by atoms with Gasteiger partial charge in [0.05, 0.1) is 12.0 Å². The minimum atomic E-state index is 0.626. The maximum absolute atomic E-state index is 6.31. The summed E-state index contributed by atoms with van der Waals surface area (Å²) in [5, 5.41) is 0. The van der Waals surface area contributed by atoms with Crippen molar-refractivity contribution >= 4 is 11.4 Å². The van der Waals surface area contributed by atoms with Crippen LogP contribution in [0.3, 0.4) is 0 Å². The minimum Gasteiger partial charge on any atom is -0.435 e. The highest BCUT2D eigenvalue weighted by Gasteiger charge is 2.41. The molecule has 4 rings (SSSR count). The van der Waals surface area contributed by atoms with Gasteiger partial charge in [0.2, 0.25) is 11.4 Å². The Hall–Kier alpha value is -2.09. The van der Waals surface area contributed by atoms with Gasteiger partial charge in [-0.15, -0.1) is 0 Å². The fourth-order valence-corrected chi connectivity index (χ4v) is 4.65. The summed E-state index contributed by atoms with van der Waals surface area (Å²) in [4.78, 5) is 0. The standard InChI is InChI=1S/C23H28NO/c1-11-13(3)17(7)22-19(15(11)5)9-20-21-16(6)12(2)14(4)18(8)23(21)25-10-24(20)22/h9-10H2,1-8H3/q+1. The molecule has 2 aliphatic heterocycles. The van der Waals surface area contributed by atoms with Crippen molar-refractivity contribution in [3.63, 3.8) is 0 Å². The molecule has 130 valence electrons. The highest BCUT2D eigenvalue weighted by Crippen LogP contribution is 2.43. The summed E-state index contributed by atoms with van der Waals surface area (Å²) >= 11 is 0. The van der Waals surface area contributed by atoms with Gasteiger partial charge in [-0.2, -0.15) is 4.58 Å². The lowest BCUT2D eigenvalue weighted by Gasteiger charge is -2.23. The van der Waals surface area contributed by atoms with Gasteiger partial charge in [-0.1, -0.05) is 0 Å². The number of hydrogen-bond donors (Lipinski definition) is 0. The second-order valence-corrected chi connectivity index (χ2v) is 7.86. The van der Waals surface area contributed by atoms with Crippen LogP contribution in [0.4, 0.5) is 5.69 Å². The molecule has 25 heavy (non-hydrogen) atoms. The van der Waals surface area contributed by atoms with Gasteiger partial charge in [-0.25, -0.2) is 0 Å². The van der Waals surface area contributed by atoms with Crippen LogP contribution in [-0.2, 0) is 6.42 Å². The summed E-state index contributed by atoms with van der Waals surface area (Å²) in [6, 6.07) is 0. The third-order valence-corrected chi connectivity index (χ3v) is 6.98. The van der Waals surface area contributed by atoms with Crippen molar-refractivity contribution in [2.45, 2.75) is 61.8 Å². The molecule has 0 unspecified atom stereocenters. The van der Waals surface area contributed by atoms with Crippen molar-refractivity contribution in [3.05, 3.63) is 55.6 Å². The maximum Gasteiger partial charge on any atom is 0.292 e. The van der Waals surface area contributed by atoms with Crippen LogP contribution in [0.25, 0.3) is 0 Å². The molecule has 2 aromatic carbocycles. The lowest BCUT2D eigenvalue weighted by Crippen LogP contribution is -2.27. The van der Waals surface area contributed by atoms with Gasteiger partial charge in [0, 0.05) is 11.1 Å². The quantitative estimate of drug-likeness (QED) is 0.604. The third-order valence-electron chi connectivity index (χ3n) is 6.98. The fourth-order valence-electron chi connectivity index (χ4n) is 4.65. The van der Waals surface area contributed by atoms with E-state index in [2.05, 4.69) is 60.0 Å². The molecule has 2 aliphatic rings. The van der Waals surface area contributed by atoms with E-state index >= 15 is 0 Å². The molecule has 0 spiro atoms. The van der Waals surface area contributed by atoms with Gasteiger partial charge in [-0.3, -0.25) is 0 Å². The predicted molar refractivity (Wildman–Crippen MR) is 104 cm³/mol. The van der Waals surface area contributed by atoms with Crippen molar-refractivity contribution in [1.29, 1.82) is 0 Å². The summed E-state index contributed by atoms with van der Waals surface area (Å²) in [5.41, 5.74) is 16.7. The number of fused-ring (bicyclic) bond motifs is 4. The summed E-state index contributed by atoms with van der Waals surface area (Å²) in [6.45, 7) is 18.6. The SMILES string of the molecule is Cc1c(C)c(C)c2c(c1C)CC1=[N+]2COc2c(C)c(C)c(C)c(C)c21. The van der Waals surface area contributed by atoms with E-state index in [4.69, 9.17) is 4.74 Å². The Balaban J connectivity index is 2.05. The van der Waals surface area contributed by atoms with Gasteiger partial charge in [-0.05, 0) is 94.3 Å². The van der Waals surface area contributed by atoms with Crippen molar-refractivity contribution in [2.75, 3.05) is 6.73 Å². The van der Waals surface area contributed by atoms with E-state index in [1.807, 2.05) is 0 Å². The second-order valence-electron chi connectivity index (χ2n) is 7.86. The largest absolute Gasteiger partial charge is 0.435 e. The zero-order valence-electron chi connectivity index (χ0n) is 16.8. The monoisotopic (exact) mass is 334 g/mol. The average molecular weight is 334 g/mol. The number of hydrogen-bond acceptors (Lipinski definition) is 1. The Morgan fingerprint density at radius 1 is 0.640 bits per heavy atom. The summed E-state index contributed by atoms with van der Waals surface area (Å²) in [6.07, 6.45) is 1.02. The van der Waals surface area contributed by atoms with Crippen molar-refractivity contribution in [1.82, 2.24) is 0 Å². The average Bonchev–Trinajstić information content (AvgIpc) is 3.00. The van der Waals surface area contributed by atoms with E-state index < -0.39 is 0 Å². The molecular weight excluding hydrogens is 306 g/mol. The summed E-state index contributed by atoms with van der Waals surface area (Å²) in [5.74, 6) is 1.10. The van der Waals surface area contributed by atoms with Crippen LogP contribution in [0.1, 0.15) is 55.6 Å². The summed E-state index contributed by atoms with van der Waals surface area (Å²) in [7, 11) is 0. The molecular formula is C23H28NO+. The first-order valence-corrected chi connectivity index (χ1v) is 9.21. The van der Waals surface area contributed by atoms with E-state index in [-0.39, 0.29) is 0 Å². The molecule has 0 radical (unpaired) electrons. The first-order valence-electron chi connectivity index (χ1n) is 9.21. The van der Waals surface area contributed by atoms with E-state index in [0.717, 1.165) is 12.2 Å². The first-order chi connectivity index (χ1) is 11.8. The molecule has 0 aromatic heterocycles. The Morgan fingerprint density at radius 2 is 1.20 bits per heavy atom. The van der Waals surface area contributed by atoms with Gasteiger partial charge in [0.15, 0.2) is 0 Å². The van der Waals surface area contributed by atoms with Gasteiger partial charge >= 0.3 is 0 Å². The Bertz CT molecular complexity index is 993. The molecule has 2 nitrogen and oxygen atoms in total. The molecule has 0 atom stereocenters. The fraction of sp³-hybridized carbons (Fsp3) is 0.435. The van der Waals surface area contributed by atoms with E-state index in [0.29, 0.717) is 6.73 Å². The molecule has 0 fully saturated rings. The normalized spacial score (nSPS) is 15.0. The molecule has 0 saturated carbocycles. The van der Waals surface area contributed by atoms with Gasteiger partial charge in [0.1, 0.15) is 5.75 Å². The second kappa shape index (κ2) is 5.20.